The minimum absolute atomic E-state index is 0.0608. The van der Waals surface area contributed by atoms with Gasteiger partial charge < -0.3 is 35.5 Å². The van der Waals surface area contributed by atoms with Gasteiger partial charge >= 0.3 is 6.03 Å². The molecule has 5 heterocycles. The second-order valence-electron chi connectivity index (χ2n) is 14.2. The first kappa shape index (κ1) is 42.1. The van der Waals surface area contributed by atoms with Crippen molar-refractivity contribution < 1.29 is 28.6 Å². The number of aliphatic imine (C=N–C) groups is 1. The Morgan fingerprint density at radius 3 is 2.29 bits per heavy atom. The average molecular weight is 829 g/mol. The van der Waals surface area contributed by atoms with E-state index in [0.29, 0.717) is 81.7 Å². The first-order chi connectivity index (χ1) is 27.2. The van der Waals surface area contributed by atoms with Crippen molar-refractivity contribution in [2.24, 2.45) is 4.99 Å². The van der Waals surface area contributed by atoms with Gasteiger partial charge in [-0.1, -0.05) is 30.2 Å². The van der Waals surface area contributed by atoms with Crippen LogP contribution in [0.1, 0.15) is 84.2 Å². The van der Waals surface area contributed by atoms with Gasteiger partial charge in [0.25, 0.3) is 0 Å². The fourth-order valence-corrected chi connectivity index (χ4v) is 9.97. The molecule has 1 aromatic carbocycles. The number of nitrogens with one attached hydrogen (secondary N) is 4. The number of fused-ring (bicyclic) bond motifs is 4. The van der Waals surface area contributed by atoms with Gasteiger partial charge in [-0.15, -0.1) is 21.5 Å². The van der Waals surface area contributed by atoms with Crippen LogP contribution in [0.25, 0.3) is 5.00 Å². The Balaban J connectivity index is 0.787. The van der Waals surface area contributed by atoms with Gasteiger partial charge in [0.2, 0.25) is 11.8 Å². The predicted molar refractivity (Wildman–Crippen MR) is 220 cm³/mol. The van der Waals surface area contributed by atoms with E-state index < -0.39 is 6.04 Å². The van der Waals surface area contributed by atoms with E-state index in [1.165, 1.54) is 4.88 Å². The molecule has 304 valence electrons. The van der Waals surface area contributed by atoms with Gasteiger partial charge in [-0.2, -0.15) is 11.8 Å². The van der Waals surface area contributed by atoms with Gasteiger partial charge in [0.1, 0.15) is 16.9 Å². The number of aryl methyl sites for hydroxylation is 2. The molecule has 2 unspecified atom stereocenters. The Kier molecular flexibility index (Phi) is 15.6. The summed E-state index contributed by atoms with van der Waals surface area (Å²) in [6.07, 6.45) is 4.91. The summed E-state index contributed by atoms with van der Waals surface area (Å²) < 4.78 is 18.9. The number of carbonyl (C=O) groups is 3. The summed E-state index contributed by atoms with van der Waals surface area (Å²) in [7, 11) is 0. The Morgan fingerprint density at radius 2 is 1.57 bits per heavy atom. The largest absolute Gasteiger partial charge is 0.379 e. The molecular weight excluding hydrogens is 776 g/mol. The summed E-state index contributed by atoms with van der Waals surface area (Å²) >= 11 is 9.80. The number of halogens is 1. The minimum atomic E-state index is -0.516. The normalized spacial score (nSPS) is 19.7. The highest BCUT2D eigenvalue weighted by molar-refractivity contribution is 8.00. The van der Waals surface area contributed by atoms with Crippen LogP contribution in [-0.4, -0.2) is 114 Å². The number of urea groups is 1. The van der Waals surface area contributed by atoms with Crippen molar-refractivity contribution in [1.29, 1.82) is 0 Å². The van der Waals surface area contributed by atoms with Gasteiger partial charge in [-0.25, -0.2) is 4.79 Å². The number of thioether (sulfide) groups is 1. The number of hydrogen-bond acceptors (Lipinski definition) is 11. The molecule has 17 heteroatoms. The van der Waals surface area contributed by atoms with Gasteiger partial charge in [0, 0.05) is 64.8 Å². The number of thiophene rings is 1. The van der Waals surface area contributed by atoms with Gasteiger partial charge in [0.15, 0.2) is 5.82 Å². The summed E-state index contributed by atoms with van der Waals surface area (Å²) in [6, 6.07) is 7.52. The summed E-state index contributed by atoms with van der Waals surface area (Å²) in [5, 5.41) is 22.9. The van der Waals surface area contributed by atoms with Crippen LogP contribution in [0, 0.1) is 20.8 Å². The molecule has 3 aliphatic heterocycles. The highest BCUT2D eigenvalue weighted by Crippen LogP contribution is 2.39. The molecule has 6 rings (SSSR count). The molecule has 0 radical (unpaired) electrons. The molecule has 0 saturated carbocycles. The van der Waals surface area contributed by atoms with Gasteiger partial charge in [-0.3, -0.25) is 19.1 Å². The Hall–Kier alpha value is -3.54. The third kappa shape index (κ3) is 11.1. The fourth-order valence-electron chi connectivity index (χ4n) is 7.09. The molecule has 2 saturated heterocycles. The van der Waals surface area contributed by atoms with Crippen molar-refractivity contribution in [3.8, 4) is 5.00 Å². The lowest BCUT2D eigenvalue weighted by Crippen LogP contribution is -2.36. The number of nitrogens with zero attached hydrogens (tertiary/aromatic N) is 4. The minimum Gasteiger partial charge on any atom is -0.379 e. The van der Waals surface area contributed by atoms with E-state index in [0.717, 1.165) is 64.7 Å². The van der Waals surface area contributed by atoms with E-state index in [9.17, 15) is 14.4 Å². The highest BCUT2D eigenvalue weighted by Gasteiger charge is 2.42. The SMILES string of the molecule is Cc1sc2c(c1C)C(c1ccc(Cl)cc1)=NC(CC(=O)NCCCOCCOCCOCCCNC(=O)CCCC[C@H]1SCC3NC(=O)N[C@H]31)c1nnc(C)n1-2. The molecule has 2 aromatic heterocycles. The molecule has 2 fully saturated rings. The van der Waals surface area contributed by atoms with Crippen LogP contribution in [0.15, 0.2) is 29.3 Å². The summed E-state index contributed by atoms with van der Waals surface area (Å²) in [5.41, 5.74) is 3.93. The zero-order valence-corrected chi connectivity index (χ0v) is 34.8. The maximum atomic E-state index is 13.2. The van der Waals surface area contributed by atoms with Crippen LogP contribution in [0.3, 0.4) is 0 Å². The lowest BCUT2D eigenvalue weighted by molar-refractivity contribution is -0.122. The van der Waals surface area contributed by atoms with E-state index >= 15 is 0 Å². The Labute approximate surface area is 341 Å². The molecule has 0 spiro atoms. The quantitative estimate of drug-likeness (QED) is 0.0807. The van der Waals surface area contributed by atoms with Crippen LogP contribution in [-0.2, 0) is 23.8 Å². The number of benzene rings is 1. The van der Waals surface area contributed by atoms with E-state index in [-0.39, 0.29) is 36.3 Å². The monoisotopic (exact) mass is 828 g/mol. The third-order valence-corrected chi connectivity index (χ3v) is 13.1. The lowest BCUT2D eigenvalue weighted by atomic mass is 9.99. The number of unbranched alkanes of at least 4 members (excludes halogenated alkanes) is 1. The van der Waals surface area contributed by atoms with Crippen LogP contribution < -0.4 is 21.3 Å². The van der Waals surface area contributed by atoms with Crippen LogP contribution >= 0.6 is 34.7 Å². The number of rotatable bonds is 22. The third-order valence-electron chi connectivity index (χ3n) is 10.1. The second kappa shape index (κ2) is 20.8. The number of aromatic nitrogens is 3. The average Bonchev–Trinajstić information content (AvgIpc) is 3.91. The number of ether oxygens (including phenoxy) is 3. The Morgan fingerprint density at radius 1 is 0.893 bits per heavy atom. The van der Waals surface area contributed by atoms with Crippen LogP contribution in [0.4, 0.5) is 4.79 Å². The van der Waals surface area contributed by atoms with E-state index in [4.69, 9.17) is 30.8 Å². The molecule has 4 N–H and O–H groups in total. The topological polar surface area (TPSA) is 170 Å². The van der Waals surface area contributed by atoms with Crippen molar-refractivity contribution >= 4 is 58.3 Å². The second-order valence-corrected chi connectivity index (χ2v) is 17.1. The van der Waals surface area contributed by atoms with Crippen molar-refractivity contribution in [2.75, 3.05) is 58.5 Å². The van der Waals surface area contributed by atoms with Crippen molar-refractivity contribution in [2.45, 2.75) is 89.1 Å². The molecule has 14 nitrogen and oxygen atoms in total. The highest BCUT2D eigenvalue weighted by atomic mass is 35.5. The number of carbonyl (C=O) groups excluding carboxylic acids is 3. The molecule has 3 aromatic rings. The van der Waals surface area contributed by atoms with Gasteiger partial charge in [0.05, 0.1) is 50.6 Å². The zero-order valence-electron chi connectivity index (χ0n) is 32.4. The molecular formula is C39H53ClN8O6S2. The molecule has 3 aliphatic rings. The van der Waals surface area contributed by atoms with Crippen molar-refractivity contribution in [1.82, 2.24) is 36.0 Å². The number of amides is 4. The maximum Gasteiger partial charge on any atom is 0.315 e. The molecule has 56 heavy (non-hydrogen) atoms. The van der Waals surface area contributed by atoms with E-state index in [2.05, 4.69) is 45.3 Å². The number of hydrogen-bond donors (Lipinski definition) is 4. The van der Waals surface area contributed by atoms with Crippen molar-refractivity contribution in [3.05, 3.63) is 62.5 Å². The molecule has 4 amide bonds. The summed E-state index contributed by atoms with van der Waals surface area (Å²) in [6.45, 7) is 10.1. The van der Waals surface area contributed by atoms with Crippen LogP contribution in [0.5, 0.6) is 0 Å². The summed E-state index contributed by atoms with van der Waals surface area (Å²) in [4.78, 5) is 43.2. The zero-order chi connectivity index (χ0) is 39.4. The molecule has 0 aliphatic carbocycles. The first-order valence-electron chi connectivity index (χ1n) is 19.5. The standard InChI is InChI=1S/C39H53ClN8O6S2/c1-24-25(2)56-38-34(24)35(27-10-12-28(40)13-11-27)43-29(37-47-46-26(3)48(37)38)22-33(50)42-15-7-17-53-19-21-54-20-18-52-16-6-14-41-32(49)9-5-4-8-31-36-30(23-55-31)44-39(51)45-36/h10-13,29-31,36H,4-9,14-23H2,1-3H3,(H,41,49)(H,42,50)(H2,44,45,51)/t29?,30?,31-,36-/m1/s1. The maximum absolute atomic E-state index is 13.2. The van der Waals surface area contributed by atoms with E-state index in [1.54, 1.807) is 11.3 Å². The smallest absolute Gasteiger partial charge is 0.315 e. The van der Waals surface area contributed by atoms with Gasteiger partial charge in [-0.05, 0) is 64.2 Å². The predicted octanol–water partition coefficient (Wildman–Crippen LogP) is 4.98. The first-order valence-corrected chi connectivity index (χ1v) is 21.8. The molecule has 4 atom stereocenters. The van der Waals surface area contributed by atoms with E-state index in [1.807, 2.05) is 47.5 Å². The molecule has 0 bridgehead atoms. The Bertz CT molecular complexity index is 1840. The summed E-state index contributed by atoms with van der Waals surface area (Å²) in [5.74, 6) is 2.31. The van der Waals surface area contributed by atoms with Crippen molar-refractivity contribution in [3.63, 3.8) is 0 Å². The lowest BCUT2D eigenvalue weighted by Gasteiger charge is -2.16. The fraction of sp³-hybridized carbons (Fsp3) is 0.590. The van der Waals surface area contributed by atoms with Crippen LogP contribution in [0.2, 0.25) is 5.02 Å².